The van der Waals surface area contributed by atoms with Crippen LogP contribution in [0.15, 0.2) is 18.2 Å². The number of urea groups is 1. The highest BCUT2D eigenvalue weighted by Crippen LogP contribution is 2.13. The minimum Gasteiger partial charge on any atom is -0.481 e. The zero-order valence-electron chi connectivity index (χ0n) is 15.0. The predicted molar refractivity (Wildman–Crippen MR) is 97.2 cm³/mol. The third-order valence-corrected chi connectivity index (χ3v) is 4.03. The smallest absolute Gasteiger partial charge is 0.319 e. The Labute approximate surface area is 153 Å². The first kappa shape index (κ1) is 21.9. The molecule has 0 heterocycles. The van der Waals surface area contributed by atoms with E-state index in [2.05, 4.69) is 10.6 Å². The quantitative estimate of drug-likeness (QED) is 0.424. The molecule has 0 aromatic heterocycles. The highest BCUT2D eigenvalue weighted by Gasteiger charge is 2.05. The number of aliphatic carboxylic acids is 1. The van der Waals surface area contributed by atoms with Gasteiger partial charge in [-0.25, -0.2) is 13.6 Å². The predicted octanol–water partition coefficient (Wildman–Crippen LogP) is 5.07. The van der Waals surface area contributed by atoms with Crippen molar-refractivity contribution in [1.29, 1.82) is 0 Å². The molecule has 0 saturated carbocycles. The van der Waals surface area contributed by atoms with E-state index in [4.69, 9.17) is 5.11 Å². The Morgan fingerprint density at radius 1 is 0.846 bits per heavy atom. The number of hydrogen-bond acceptors (Lipinski definition) is 2. The summed E-state index contributed by atoms with van der Waals surface area (Å²) in [6.45, 7) is 0.532. The molecule has 7 heteroatoms. The van der Waals surface area contributed by atoms with E-state index in [9.17, 15) is 18.4 Å². The van der Waals surface area contributed by atoms with Crippen LogP contribution in [0.1, 0.15) is 64.2 Å². The molecule has 1 aromatic carbocycles. The number of amides is 2. The molecular formula is C19H28F2N2O3. The van der Waals surface area contributed by atoms with Gasteiger partial charge in [0.1, 0.15) is 0 Å². The van der Waals surface area contributed by atoms with Gasteiger partial charge in [-0.3, -0.25) is 4.79 Å². The first-order valence-corrected chi connectivity index (χ1v) is 9.20. The maximum absolute atomic E-state index is 13.0. The molecule has 0 bridgehead atoms. The Morgan fingerprint density at radius 3 is 2.00 bits per heavy atom. The fourth-order valence-electron chi connectivity index (χ4n) is 2.59. The Bertz CT molecular complexity index is 568. The van der Waals surface area contributed by atoms with Crippen molar-refractivity contribution in [3.05, 3.63) is 29.8 Å². The second-order valence-electron chi connectivity index (χ2n) is 6.34. The Morgan fingerprint density at radius 2 is 1.42 bits per heavy atom. The van der Waals surface area contributed by atoms with Gasteiger partial charge in [0.15, 0.2) is 11.6 Å². The zero-order valence-corrected chi connectivity index (χ0v) is 15.0. The van der Waals surface area contributed by atoms with Gasteiger partial charge in [-0.1, -0.05) is 44.9 Å². The summed E-state index contributed by atoms with van der Waals surface area (Å²) in [4.78, 5) is 22.0. The number of hydrogen-bond donors (Lipinski definition) is 3. The number of unbranched alkanes of at least 4 members (excludes halogenated alkanes) is 8. The van der Waals surface area contributed by atoms with E-state index in [1.54, 1.807) is 0 Å². The summed E-state index contributed by atoms with van der Waals surface area (Å²) in [6.07, 6.45) is 9.48. The number of nitrogens with one attached hydrogen (secondary N) is 2. The van der Waals surface area contributed by atoms with Crippen LogP contribution in [0.5, 0.6) is 0 Å². The molecule has 0 aliphatic carbocycles. The monoisotopic (exact) mass is 370 g/mol. The summed E-state index contributed by atoms with van der Waals surface area (Å²) in [5.41, 5.74) is 0.213. The second-order valence-corrected chi connectivity index (χ2v) is 6.34. The van der Waals surface area contributed by atoms with Gasteiger partial charge in [0.25, 0.3) is 0 Å². The minimum atomic E-state index is -0.996. The van der Waals surface area contributed by atoms with Gasteiger partial charge >= 0.3 is 12.0 Å². The fraction of sp³-hybridized carbons (Fsp3) is 0.579. The molecule has 2 amide bonds. The molecular weight excluding hydrogens is 342 g/mol. The lowest BCUT2D eigenvalue weighted by molar-refractivity contribution is -0.137. The number of halogens is 2. The van der Waals surface area contributed by atoms with E-state index in [0.29, 0.717) is 6.54 Å². The van der Waals surface area contributed by atoms with Crippen LogP contribution < -0.4 is 10.6 Å². The van der Waals surface area contributed by atoms with Crippen LogP contribution in [-0.2, 0) is 4.79 Å². The number of carboxylic acids is 1. The number of anilines is 1. The summed E-state index contributed by atoms with van der Waals surface area (Å²) < 4.78 is 25.8. The molecule has 0 aliphatic rings. The number of carboxylic acid groups (broad SMARTS) is 1. The molecule has 0 fully saturated rings. The molecule has 1 aromatic rings. The number of carbonyl (C=O) groups is 2. The van der Waals surface area contributed by atoms with Crippen molar-refractivity contribution in [1.82, 2.24) is 5.32 Å². The average Bonchev–Trinajstić information content (AvgIpc) is 2.59. The first-order valence-electron chi connectivity index (χ1n) is 9.20. The largest absolute Gasteiger partial charge is 0.481 e. The second kappa shape index (κ2) is 13.1. The molecule has 0 spiro atoms. The van der Waals surface area contributed by atoms with Crippen LogP contribution in [0, 0.1) is 11.6 Å². The number of benzene rings is 1. The van der Waals surface area contributed by atoms with Crippen molar-refractivity contribution in [2.75, 3.05) is 11.9 Å². The van der Waals surface area contributed by atoms with Crippen LogP contribution in [-0.4, -0.2) is 23.7 Å². The molecule has 0 aliphatic heterocycles. The van der Waals surface area contributed by atoms with Gasteiger partial charge in [-0.05, 0) is 25.0 Å². The van der Waals surface area contributed by atoms with Gasteiger partial charge in [0.2, 0.25) is 0 Å². The summed E-state index contributed by atoms with van der Waals surface area (Å²) >= 11 is 0. The molecule has 3 N–H and O–H groups in total. The molecule has 0 radical (unpaired) electrons. The van der Waals surface area contributed by atoms with Gasteiger partial charge in [-0.15, -0.1) is 0 Å². The summed E-state index contributed by atoms with van der Waals surface area (Å²) in [7, 11) is 0. The van der Waals surface area contributed by atoms with Crippen molar-refractivity contribution in [2.24, 2.45) is 0 Å². The topological polar surface area (TPSA) is 78.4 Å². The van der Waals surface area contributed by atoms with Crippen LogP contribution in [0.3, 0.4) is 0 Å². The fourth-order valence-corrected chi connectivity index (χ4v) is 2.59. The number of rotatable bonds is 13. The Kier molecular flexibility index (Phi) is 11.0. The van der Waals surface area contributed by atoms with Gasteiger partial charge in [0, 0.05) is 24.7 Å². The van der Waals surface area contributed by atoms with E-state index in [0.717, 1.165) is 69.9 Å². The summed E-state index contributed by atoms with van der Waals surface area (Å²) in [6, 6.07) is 2.78. The van der Waals surface area contributed by atoms with E-state index in [1.807, 2.05) is 0 Å². The average molecular weight is 370 g/mol. The third-order valence-electron chi connectivity index (χ3n) is 4.03. The van der Waals surface area contributed by atoms with Crippen molar-refractivity contribution >= 4 is 17.7 Å². The van der Waals surface area contributed by atoms with Gasteiger partial charge in [0.05, 0.1) is 0 Å². The molecule has 1 rings (SSSR count). The lowest BCUT2D eigenvalue weighted by atomic mass is 10.1. The Hall–Kier alpha value is -2.18. The highest BCUT2D eigenvalue weighted by atomic mass is 19.2. The van der Waals surface area contributed by atoms with Crippen molar-refractivity contribution < 1.29 is 23.5 Å². The molecule has 5 nitrogen and oxygen atoms in total. The van der Waals surface area contributed by atoms with Crippen LogP contribution in [0.4, 0.5) is 19.3 Å². The van der Waals surface area contributed by atoms with E-state index in [-0.39, 0.29) is 12.1 Å². The minimum absolute atomic E-state index is 0.213. The van der Waals surface area contributed by atoms with E-state index in [1.165, 1.54) is 6.07 Å². The molecule has 0 saturated heterocycles. The Balaban J connectivity index is 1.93. The normalized spacial score (nSPS) is 10.5. The standard InChI is InChI=1S/C19H28F2N2O3/c20-16-12-11-15(14-17(16)21)23-19(26)22-13-9-7-5-3-1-2-4-6-8-10-18(24)25/h11-12,14H,1-10,13H2,(H,24,25)(H2,22,23,26). The lowest BCUT2D eigenvalue weighted by Crippen LogP contribution is -2.29. The lowest BCUT2D eigenvalue weighted by Gasteiger charge is -2.08. The molecule has 26 heavy (non-hydrogen) atoms. The summed E-state index contributed by atoms with van der Waals surface area (Å²) in [5, 5.41) is 13.7. The van der Waals surface area contributed by atoms with Crippen molar-refractivity contribution in [2.45, 2.75) is 64.2 Å². The van der Waals surface area contributed by atoms with E-state index < -0.39 is 23.6 Å². The maximum Gasteiger partial charge on any atom is 0.319 e. The summed E-state index contributed by atoms with van der Waals surface area (Å²) in [5.74, 6) is -2.67. The highest BCUT2D eigenvalue weighted by molar-refractivity contribution is 5.89. The first-order chi connectivity index (χ1) is 12.5. The van der Waals surface area contributed by atoms with Crippen molar-refractivity contribution in [3.63, 3.8) is 0 Å². The van der Waals surface area contributed by atoms with E-state index >= 15 is 0 Å². The molecule has 0 unspecified atom stereocenters. The van der Waals surface area contributed by atoms with Crippen molar-refractivity contribution in [3.8, 4) is 0 Å². The van der Waals surface area contributed by atoms with Crippen LogP contribution >= 0.6 is 0 Å². The maximum atomic E-state index is 13.0. The molecule has 146 valence electrons. The number of carbonyl (C=O) groups excluding carboxylic acids is 1. The molecule has 0 atom stereocenters. The third kappa shape index (κ3) is 10.6. The SMILES string of the molecule is O=C(O)CCCCCCCCCCCNC(=O)Nc1ccc(F)c(F)c1. The van der Waals surface area contributed by atoms with Gasteiger partial charge < -0.3 is 15.7 Å². The van der Waals surface area contributed by atoms with Crippen LogP contribution in [0.25, 0.3) is 0 Å². The van der Waals surface area contributed by atoms with Crippen LogP contribution in [0.2, 0.25) is 0 Å². The zero-order chi connectivity index (χ0) is 19.2. The van der Waals surface area contributed by atoms with Gasteiger partial charge in [-0.2, -0.15) is 0 Å².